The first-order chi connectivity index (χ1) is 16.0. The number of ether oxygens (including phenoxy) is 2. The highest BCUT2D eigenvalue weighted by Crippen LogP contribution is 2.38. The highest BCUT2D eigenvalue weighted by molar-refractivity contribution is 7.09. The van der Waals surface area contributed by atoms with Crippen molar-refractivity contribution in [1.29, 1.82) is 0 Å². The summed E-state index contributed by atoms with van der Waals surface area (Å²) in [6.45, 7) is 1.90. The molecule has 2 aromatic carbocycles. The Labute approximate surface area is 197 Å². The predicted octanol–water partition coefficient (Wildman–Crippen LogP) is 5.78. The van der Waals surface area contributed by atoms with Crippen molar-refractivity contribution in [3.8, 4) is 11.5 Å². The Bertz CT molecular complexity index is 1140. The van der Waals surface area contributed by atoms with Crippen molar-refractivity contribution in [2.45, 2.75) is 63.7 Å². The number of carbonyl (C=O) groups is 1. The molecule has 33 heavy (non-hydrogen) atoms. The topological polar surface area (TPSA) is 60.5 Å². The van der Waals surface area contributed by atoms with Gasteiger partial charge in [0.15, 0.2) is 0 Å². The average Bonchev–Trinajstić information content (AvgIpc) is 3.27. The molecule has 1 saturated carbocycles. The molecule has 2 aliphatic rings. The number of fused-ring (bicyclic) bond motifs is 1. The van der Waals surface area contributed by atoms with Crippen LogP contribution in [0.4, 0.5) is 4.39 Å². The predicted molar refractivity (Wildman–Crippen MR) is 126 cm³/mol. The lowest BCUT2D eigenvalue weighted by molar-refractivity contribution is 0.0889. The number of hydrogen-bond donors (Lipinski definition) is 1. The molecule has 0 saturated heterocycles. The first-order valence-electron chi connectivity index (χ1n) is 11.5. The molecule has 3 aromatic rings. The summed E-state index contributed by atoms with van der Waals surface area (Å²) in [5.41, 5.74) is 2.21. The van der Waals surface area contributed by atoms with Crippen LogP contribution in [0.3, 0.4) is 0 Å². The number of nitrogens with one attached hydrogen (secondary N) is 1. The minimum atomic E-state index is -0.260. The zero-order valence-corrected chi connectivity index (χ0v) is 19.4. The molecule has 0 spiro atoms. The third kappa shape index (κ3) is 5.03. The molecule has 1 amide bonds. The van der Waals surface area contributed by atoms with Gasteiger partial charge in [-0.2, -0.15) is 0 Å². The Morgan fingerprint density at radius 3 is 2.73 bits per heavy atom. The summed E-state index contributed by atoms with van der Waals surface area (Å²) in [4.78, 5) is 16.6. The minimum Gasteiger partial charge on any atom is -0.490 e. The molecule has 1 atom stereocenters. The normalized spacial score (nSPS) is 22.2. The Hall–Kier alpha value is -2.93. The van der Waals surface area contributed by atoms with Crippen LogP contribution in [0.2, 0.25) is 0 Å². The van der Waals surface area contributed by atoms with Gasteiger partial charge in [-0.25, -0.2) is 9.37 Å². The van der Waals surface area contributed by atoms with Gasteiger partial charge in [0.1, 0.15) is 29.1 Å². The molecule has 172 valence electrons. The summed E-state index contributed by atoms with van der Waals surface area (Å²) in [6, 6.07) is 12.9. The van der Waals surface area contributed by atoms with Crippen LogP contribution >= 0.6 is 11.3 Å². The number of rotatable bonds is 5. The fraction of sp³-hybridized carbons (Fsp3) is 0.385. The van der Waals surface area contributed by atoms with Crippen LogP contribution in [0.1, 0.15) is 64.8 Å². The van der Waals surface area contributed by atoms with E-state index in [1.54, 1.807) is 17.5 Å². The van der Waals surface area contributed by atoms with E-state index in [-0.39, 0.29) is 30.0 Å². The van der Waals surface area contributed by atoms with Gasteiger partial charge in [-0.15, -0.1) is 11.3 Å². The van der Waals surface area contributed by atoms with E-state index < -0.39 is 0 Å². The van der Waals surface area contributed by atoms with Gasteiger partial charge >= 0.3 is 0 Å². The molecule has 0 bridgehead atoms. The molecule has 5 rings (SSSR count). The second kappa shape index (κ2) is 9.51. The average molecular weight is 467 g/mol. The third-order valence-corrected chi connectivity index (χ3v) is 7.17. The van der Waals surface area contributed by atoms with Crippen molar-refractivity contribution in [1.82, 2.24) is 10.3 Å². The van der Waals surface area contributed by atoms with Crippen LogP contribution in [-0.2, 0) is 6.42 Å². The van der Waals surface area contributed by atoms with Gasteiger partial charge in [-0.1, -0.05) is 18.2 Å². The highest BCUT2D eigenvalue weighted by Gasteiger charge is 2.26. The summed E-state index contributed by atoms with van der Waals surface area (Å²) in [6.07, 6.45) is 4.99. The molecule has 2 heterocycles. The Morgan fingerprint density at radius 1 is 1.15 bits per heavy atom. The molecule has 7 heteroatoms. The number of nitrogens with zero attached hydrogens (tertiary/aromatic N) is 1. The summed E-state index contributed by atoms with van der Waals surface area (Å²) in [5.74, 6) is 1.32. The summed E-state index contributed by atoms with van der Waals surface area (Å²) >= 11 is 1.49. The molecule has 0 radical (unpaired) electrons. The lowest BCUT2D eigenvalue weighted by Gasteiger charge is -2.30. The third-order valence-electron chi connectivity index (χ3n) is 6.39. The van der Waals surface area contributed by atoms with Crippen LogP contribution in [0.25, 0.3) is 0 Å². The maximum atomic E-state index is 14.1. The van der Waals surface area contributed by atoms with Gasteiger partial charge in [0.05, 0.1) is 11.1 Å². The van der Waals surface area contributed by atoms with Crippen LogP contribution in [-0.4, -0.2) is 23.0 Å². The van der Waals surface area contributed by atoms with E-state index in [0.29, 0.717) is 11.3 Å². The zero-order chi connectivity index (χ0) is 22.8. The van der Waals surface area contributed by atoms with Crippen molar-refractivity contribution in [3.05, 3.63) is 75.5 Å². The van der Waals surface area contributed by atoms with E-state index in [0.717, 1.165) is 60.6 Å². The molecule has 1 aliphatic carbocycles. The van der Waals surface area contributed by atoms with Crippen LogP contribution in [0.5, 0.6) is 11.5 Å². The molecule has 1 N–H and O–H groups in total. The van der Waals surface area contributed by atoms with E-state index >= 15 is 0 Å². The number of carbonyl (C=O) groups excluding carboxylic acids is 1. The second-order valence-corrected chi connectivity index (χ2v) is 9.82. The fourth-order valence-electron chi connectivity index (χ4n) is 4.64. The lowest BCUT2D eigenvalue weighted by atomic mass is 9.92. The molecular weight excluding hydrogens is 439 g/mol. The summed E-state index contributed by atoms with van der Waals surface area (Å²) < 4.78 is 26.5. The number of aromatic nitrogens is 1. The van der Waals surface area contributed by atoms with Crippen molar-refractivity contribution in [2.75, 3.05) is 0 Å². The maximum Gasteiger partial charge on any atom is 0.270 e. The number of hydrogen-bond acceptors (Lipinski definition) is 5. The van der Waals surface area contributed by atoms with E-state index in [2.05, 4.69) is 10.3 Å². The van der Waals surface area contributed by atoms with Gasteiger partial charge < -0.3 is 14.8 Å². The second-order valence-electron chi connectivity index (χ2n) is 8.75. The first kappa shape index (κ1) is 21.9. The standard InChI is InChI=1S/C26H27FN2O3S/c1-16-28-23(15-33-16)26(30)29-18-7-9-19(10-8-18)31-20-11-13-24-17(14-20)6-12-25(32-24)21-4-2-3-5-22(21)27/h2-5,11,13-15,18-19,25H,6-10,12H2,1H3,(H,29,30). The SMILES string of the molecule is Cc1nc(C(=O)NC2CCC(Oc3ccc4c(c3)CCC(c3ccccc3F)O4)CC2)cs1. The number of thiazole rings is 1. The highest BCUT2D eigenvalue weighted by atomic mass is 32.1. The van der Waals surface area contributed by atoms with Crippen molar-refractivity contribution < 1.29 is 18.7 Å². The molecule has 1 fully saturated rings. The fourth-order valence-corrected chi connectivity index (χ4v) is 5.23. The van der Waals surface area contributed by atoms with Gasteiger partial charge in [-0.05, 0) is 75.3 Å². The van der Waals surface area contributed by atoms with Gasteiger partial charge in [0.25, 0.3) is 5.91 Å². The first-order valence-corrected chi connectivity index (χ1v) is 12.4. The number of amides is 1. The molecule has 1 aliphatic heterocycles. The molecule has 5 nitrogen and oxygen atoms in total. The molecule has 1 aromatic heterocycles. The van der Waals surface area contributed by atoms with Crippen molar-refractivity contribution >= 4 is 17.2 Å². The van der Waals surface area contributed by atoms with Crippen molar-refractivity contribution in [2.24, 2.45) is 0 Å². The molecular formula is C26H27FN2O3S. The maximum absolute atomic E-state index is 14.1. The Morgan fingerprint density at radius 2 is 1.97 bits per heavy atom. The number of benzene rings is 2. The summed E-state index contributed by atoms with van der Waals surface area (Å²) in [5, 5.41) is 5.80. The number of halogens is 1. The van der Waals surface area contributed by atoms with Crippen LogP contribution < -0.4 is 14.8 Å². The van der Waals surface area contributed by atoms with Crippen LogP contribution in [0, 0.1) is 12.7 Å². The largest absolute Gasteiger partial charge is 0.490 e. The van der Waals surface area contributed by atoms with Gasteiger partial charge in [-0.3, -0.25) is 4.79 Å². The lowest BCUT2D eigenvalue weighted by Crippen LogP contribution is -2.39. The van der Waals surface area contributed by atoms with Gasteiger partial charge in [0, 0.05) is 17.0 Å². The van der Waals surface area contributed by atoms with E-state index in [1.165, 1.54) is 17.4 Å². The monoisotopic (exact) mass is 466 g/mol. The van der Waals surface area contributed by atoms with Gasteiger partial charge in [0.2, 0.25) is 0 Å². The van der Waals surface area contributed by atoms with E-state index in [1.807, 2.05) is 31.2 Å². The minimum absolute atomic E-state index is 0.0907. The smallest absolute Gasteiger partial charge is 0.270 e. The zero-order valence-electron chi connectivity index (χ0n) is 18.6. The Balaban J connectivity index is 1.14. The summed E-state index contributed by atoms with van der Waals surface area (Å²) in [7, 11) is 0. The Kier molecular flexibility index (Phi) is 6.31. The van der Waals surface area contributed by atoms with E-state index in [4.69, 9.17) is 9.47 Å². The van der Waals surface area contributed by atoms with E-state index in [9.17, 15) is 9.18 Å². The molecule has 1 unspecified atom stereocenters. The number of aryl methyl sites for hydroxylation is 2. The quantitative estimate of drug-likeness (QED) is 0.518. The van der Waals surface area contributed by atoms with Crippen molar-refractivity contribution in [3.63, 3.8) is 0 Å². The van der Waals surface area contributed by atoms with Crippen LogP contribution in [0.15, 0.2) is 47.8 Å².